The van der Waals surface area contributed by atoms with Gasteiger partial charge in [0.25, 0.3) is 0 Å². The number of alkyl halides is 1. The van der Waals surface area contributed by atoms with Gasteiger partial charge in [-0.2, -0.15) is 4.31 Å². The number of rotatable bonds is 4. The molecule has 0 radical (unpaired) electrons. The van der Waals surface area contributed by atoms with Gasteiger partial charge in [-0.05, 0) is 12.1 Å². The maximum absolute atomic E-state index is 13.9. The molecule has 6 nitrogen and oxygen atoms in total. The normalized spacial score (nSPS) is 23.4. The summed E-state index contributed by atoms with van der Waals surface area (Å²) in [6.07, 6.45) is -0.993. The minimum absolute atomic E-state index is 0.0456. The number of hydrogen-bond acceptors (Lipinski definition) is 4. The van der Waals surface area contributed by atoms with Crippen LogP contribution in [0.5, 0.6) is 0 Å². The summed E-state index contributed by atoms with van der Waals surface area (Å²) in [5, 5.41) is 0. The van der Waals surface area contributed by atoms with Crippen molar-refractivity contribution in [2.75, 3.05) is 19.3 Å². The quantitative estimate of drug-likeness (QED) is 0.843. The Morgan fingerprint density at radius 3 is 2.73 bits per heavy atom. The third-order valence-corrected chi connectivity index (χ3v) is 5.18. The number of halogens is 1. The lowest BCUT2D eigenvalue weighted by molar-refractivity contribution is 0.00896. The van der Waals surface area contributed by atoms with E-state index >= 15 is 0 Å². The van der Waals surface area contributed by atoms with Gasteiger partial charge in [0.1, 0.15) is 24.7 Å². The molecule has 0 aliphatic carbocycles. The van der Waals surface area contributed by atoms with Gasteiger partial charge in [0, 0.05) is 20.1 Å². The van der Waals surface area contributed by atoms with Crippen molar-refractivity contribution >= 4 is 21.1 Å². The van der Waals surface area contributed by atoms with Gasteiger partial charge >= 0.3 is 0 Å². The highest BCUT2D eigenvalue weighted by atomic mass is 32.2. The number of aryl methyl sites for hydroxylation is 1. The minimum Gasteiger partial charge on any atom is -0.366 e. The van der Waals surface area contributed by atoms with E-state index in [1.807, 2.05) is 35.9 Å². The number of benzene rings is 1. The van der Waals surface area contributed by atoms with Gasteiger partial charge < -0.3 is 9.30 Å². The Balaban J connectivity index is 1.71. The lowest BCUT2D eigenvalue weighted by Crippen LogP contribution is -2.29. The Kier molecular flexibility index (Phi) is 3.92. The Bertz CT molecular complexity index is 790. The largest absolute Gasteiger partial charge is 0.366 e. The van der Waals surface area contributed by atoms with Gasteiger partial charge in [0.05, 0.1) is 17.3 Å². The third-order valence-electron chi connectivity index (χ3n) is 3.94. The van der Waals surface area contributed by atoms with Crippen LogP contribution in [0.3, 0.4) is 0 Å². The van der Waals surface area contributed by atoms with Crippen LogP contribution in [0.1, 0.15) is 5.82 Å². The Morgan fingerprint density at radius 1 is 1.36 bits per heavy atom. The van der Waals surface area contributed by atoms with Crippen LogP contribution in [0.25, 0.3) is 11.0 Å². The monoisotopic (exact) mass is 327 g/mol. The number of sulfonamides is 1. The predicted molar refractivity (Wildman–Crippen MR) is 80.6 cm³/mol. The Morgan fingerprint density at radius 2 is 2.09 bits per heavy atom. The molecule has 1 saturated heterocycles. The Labute approximate surface area is 128 Å². The molecule has 22 heavy (non-hydrogen) atoms. The second-order valence-electron chi connectivity index (χ2n) is 5.52. The lowest BCUT2D eigenvalue weighted by atomic mass is 10.3. The summed E-state index contributed by atoms with van der Waals surface area (Å²) in [4.78, 5) is 4.45. The molecular formula is C14H18FN3O3S. The SMILES string of the molecule is Cn1c(CO[C@H]2CN(S(C)(=O)=O)C[C@H]2F)nc2ccccc21. The number of ether oxygens (including phenoxy) is 1. The zero-order valence-electron chi connectivity index (χ0n) is 12.4. The highest BCUT2D eigenvalue weighted by Gasteiger charge is 2.38. The van der Waals surface area contributed by atoms with E-state index in [0.29, 0.717) is 5.82 Å². The highest BCUT2D eigenvalue weighted by molar-refractivity contribution is 7.88. The molecule has 0 bridgehead atoms. The van der Waals surface area contributed by atoms with Crippen LogP contribution in [0.2, 0.25) is 0 Å². The van der Waals surface area contributed by atoms with E-state index in [1.165, 1.54) is 0 Å². The Hall–Kier alpha value is -1.51. The first-order chi connectivity index (χ1) is 10.4. The van der Waals surface area contributed by atoms with Crippen LogP contribution < -0.4 is 0 Å². The van der Waals surface area contributed by atoms with Gasteiger partial charge in [-0.1, -0.05) is 12.1 Å². The summed E-state index contributed by atoms with van der Waals surface area (Å²) in [5.41, 5.74) is 1.83. The van der Waals surface area contributed by atoms with Gasteiger partial charge in [-0.3, -0.25) is 0 Å². The van der Waals surface area contributed by atoms with Crippen LogP contribution >= 0.6 is 0 Å². The van der Waals surface area contributed by atoms with Crippen LogP contribution in [-0.4, -0.2) is 53.9 Å². The van der Waals surface area contributed by atoms with Crippen molar-refractivity contribution in [3.63, 3.8) is 0 Å². The van der Waals surface area contributed by atoms with Crippen molar-refractivity contribution in [3.8, 4) is 0 Å². The van der Waals surface area contributed by atoms with Crippen molar-refractivity contribution in [1.29, 1.82) is 0 Å². The predicted octanol–water partition coefficient (Wildman–Crippen LogP) is 1.07. The molecule has 1 aromatic heterocycles. The first kappa shape index (κ1) is 15.4. The number of nitrogens with zero attached hydrogens (tertiary/aromatic N) is 3. The fourth-order valence-corrected chi connectivity index (χ4v) is 3.47. The second kappa shape index (κ2) is 5.60. The van der Waals surface area contributed by atoms with Crippen molar-refractivity contribution in [2.45, 2.75) is 18.9 Å². The summed E-state index contributed by atoms with van der Waals surface area (Å²) in [5.74, 6) is 0.686. The second-order valence-corrected chi connectivity index (χ2v) is 7.50. The lowest BCUT2D eigenvalue weighted by Gasteiger charge is -2.14. The number of fused-ring (bicyclic) bond motifs is 1. The highest BCUT2D eigenvalue weighted by Crippen LogP contribution is 2.21. The van der Waals surface area contributed by atoms with Crippen molar-refractivity contribution < 1.29 is 17.5 Å². The number of hydrogen-bond donors (Lipinski definition) is 0. The van der Waals surface area contributed by atoms with Gasteiger partial charge in [-0.15, -0.1) is 0 Å². The minimum atomic E-state index is -3.39. The number of para-hydroxylation sites is 2. The van der Waals surface area contributed by atoms with Crippen LogP contribution in [0, 0.1) is 0 Å². The summed E-state index contributed by atoms with van der Waals surface area (Å²) in [6, 6.07) is 7.67. The van der Waals surface area contributed by atoms with E-state index in [-0.39, 0.29) is 19.7 Å². The average molecular weight is 327 g/mol. The summed E-state index contributed by atoms with van der Waals surface area (Å²) < 4.78 is 45.4. The molecule has 1 aromatic carbocycles. The molecule has 8 heteroatoms. The van der Waals surface area contributed by atoms with Crippen molar-refractivity contribution in [2.24, 2.45) is 7.05 Å². The van der Waals surface area contributed by atoms with Crippen LogP contribution in [0.4, 0.5) is 4.39 Å². The molecule has 2 atom stereocenters. The maximum atomic E-state index is 13.9. The van der Waals surface area contributed by atoms with E-state index in [1.54, 1.807) is 0 Å². The molecule has 0 unspecified atom stereocenters. The topological polar surface area (TPSA) is 64.4 Å². The van der Waals surface area contributed by atoms with E-state index in [9.17, 15) is 12.8 Å². The standard InChI is InChI=1S/C14H18FN3O3S/c1-17-12-6-4-3-5-11(12)16-14(17)9-21-13-8-18(7-10(13)15)22(2,19)20/h3-6,10,13H,7-9H2,1-2H3/t10-,13+/m1/s1. The fraction of sp³-hybridized carbons (Fsp3) is 0.500. The molecule has 120 valence electrons. The molecule has 0 spiro atoms. The first-order valence-corrected chi connectivity index (χ1v) is 8.82. The van der Waals surface area contributed by atoms with Gasteiger partial charge in [-0.25, -0.2) is 17.8 Å². The van der Waals surface area contributed by atoms with Gasteiger partial charge in [0.15, 0.2) is 0 Å². The van der Waals surface area contributed by atoms with Crippen LogP contribution in [0.15, 0.2) is 24.3 Å². The number of imidazole rings is 1. The van der Waals surface area contributed by atoms with E-state index in [4.69, 9.17) is 4.74 Å². The average Bonchev–Trinajstić information content (AvgIpc) is 2.98. The fourth-order valence-electron chi connectivity index (χ4n) is 2.64. The van der Waals surface area contributed by atoms with Crippen LogP contribution in [-0.2, 0) is 28.4 Å². The first-order valence-electron chi connectivity index (χ1n) is 6.97. The van der Waals surface area contributed by atoms with Crippen molar-refractivity contribution in [1.82, 2.24) is 13.9 Å². The molecule has 0 amide bonds. The molecule has 0 saturated carbocycles. The van der Waals surface area contributed by atoms with E-state index in [0.717, 1.165) is 21.6 Å². The zero-order valence-corrected chi connectivity index (χ0v) is 13.3. The zero-order chi connectivity index (χ0) is 15.9. The van der Waals surface area contributed by atoms with E-state index in [2.05, 4.69) is 4.98 Å². The maximum Gasteiger partial charge on any atom is 0.211 e. The number of aromatic nitrogens is 2. The smallest absolute Gasteiger partial charge is 0.211 e. The molecule has 3 rings (SSSR count). The van der Waals surface area contributed by atoms with Gasteiger partial charge in [0.2, 0.25) is 10.0 Å². The van der Waals surface area contributed by atoms with Crippen molar-refractivity contribution in [3.05, 3.63) is 30.1 Å². The molecule has 1 aliphatic rings. The van der Waals surface area contributed by atoms with E-state index < -0.39 is 22.3 Å². The summed E-state index contributed by atoms with van der Waals surface area (Å²) in [7, 11) is -1.51. The summed E-state index contributed by atoms with van der Waals surface area (Å²) >= 11 is 0. The molecule has 2 aromatic rings. The molecule has 0 N–H and O–H groups in total. The molecular weight excluding hydrogens is 309 g/mol. The third kappa shape index (κ3) is 2.86. The molecule has 1 aliphatic heterocycles. The molecule has 2 heterocycles. The molecule has 1 fully saturated rings. The summed E-state index contributed by atoms with van der Waals surface area (Å²) in [6.45, 7) is 0.0455.